The number of carbonyl (C=O) groups excluding carboxylic acids is 1. The lowest BCUT2D eigenvalue weighted by Crippen LogP contribution is -1.91. The van der Waals surface area contributed by atoms with E-state index in [1.807, 2.05) is 0 Å². The van der Waals surface area contributed by atoms with Crippen molar-refractivity contribution in [3.8, 4) is 0 Å². The third-order valence-electron chi connectivity index (χ3n) is 1.48. The molecule has 4 nitrogen and oxygen atoms in total. The Bertz CT molecular complexity index is 437. The summed E-state index contributed by atoms with van der Waals surface area (Å²) in [5.74, 6) is 0.474. The summed E-state index contributed by atoms with van der Waals surface area (Å²) in [7, 11) is 0. The molecule has 0 saturated carbocycles. The molecule has 2 aromatic rings. The fourth-order valence-electron chi connectivity index (χ4n) is 0.955. The minimum absolute atomic E-state index is 0.444. The molecule has 0 unspecified atom stereocenters. The van der Waals surface area contributed by atoms with Gasteiger partial charge in [0.05, 0.1) is 17.4 Å². The van der Waals surface area contributed by atoms with Gasteiger partial charge in [-0.2, -0.15) is 0 Å². The first-order valence-corrected chi connectivity index (χ1v) is 3.63. The third-order valence-corrected chi connectivity index (χ3v) is 1.68. The second-order valence-electron chi connectivity index (χ2n) is 2.24. The summed E-state index contributed by atoms with van der Waals surface area (Å²) in [4.78, 5) is 18.3. The lowest BCUT2D eigenvalue weighted by atomic mass is 10.5. The Balaban J connectivity index is 2.83. The predicted octanol–water partition coefficient (Wildman–Crippen LogP) is 1.20. The van der Waals surface area contributed by atoms with E-state index in [4.69, 9.17) is 11.6 Å². The van der Waals surface area contributed by atoms with Gasteiger partial charge < -0.3 is 0 Å². The number of fused-ring (bicyclic) bond motifs is 1. The summed E-state index contributed by atoms with van der Waals surface area (Å²) in [6.07, 6.45) is 5.24. The van der Waals surface area contributed by atoms with E-state index in [1.165, 1.54) is 16.8 Å². The molecule has 0 saturated heterocycles. The molecule has 0 amide bonds. The van der Waals surface area contributed by atoms with Crippen molar-refractivity contribution in [3.05, 3.63) is 29.3 Å². The van der Waals surface area contributed by atoms with E-state index in [-0.39, 0.29) is 0 Å². The Morgan fingerprint density at radius 1 is 1.42 bits per heavy atom. The smallest absolute Gasteiger partial charge is 0.234 e. The molecule has 0 spiro atoms. The van der Waals surface area contributed by atoms with Crippen LogP contribution in [0.2, 0.25) is 5.02 Å². The number of hydrogen-bond donors (Lipinski definition) is 0. The van der Waals surface area contributed by atoms with E-state index in [2.05, 4.69) is 9.97 Å². The van der Waals surface area contributed by atoms with Crippen molar-refractivity contribution in [2.75, 3.05) is 0 Å². The van der Waals surface area contributed by atoms with Crippen LogP contribution in [0.15, 0.2) is 18.6 Å². The molecule has 5 heteroatoms. The number of rotatable bonds is 1. The Morgan fingerprint density at radius 2 is 2.17 bits per heavy atom. The largest absolute Gasteiger partial charge is 0.296 e. The molecule has 0 aliphatic heterocycles. The highest BCUT2D eigenvalue weighted by atomic mass is 35.5. The van der Waals surface area contributed by atoms with Gasteiger partial charge in [-0.15, -0.1) is 0 Å². The molecule has 2 heterocycles. The van der Waals surface area contributed by atoms with E-state index in [1.54, 1.807) is 6.20 Å². The van der Waals surface area contributed by atoms with Crippen molar-refractivity contribution >= 4 is 23.7 Å². The Morgan fingerprint density at radius 3 is 2.92 bits per heavy atom. The number of imidazole rings is 1. The number of aldehydes is 1. The molecule has 60 valence electrons. The maximum absolute atomic E-state index is 10.5. The summed E-state index contributed by atoms with van der Waals surface area (Å²) >= 11 is 5.68. The minimum atomic E-state index is 0.444. The highest BCUT2D eigenvalue weighted by Gasteiger charge is 2.02. The number of aromatic nitrogens is 3. The van der Waals surface area contributed by atoms with E-state index >= 15 is 0 Å². The number of carbonyl (C=O) groups is 1. The van der Waals surface area contributed by atoms with Crippen LogP contribution in [0.3, 0.4) is 0 Å². The molecule has 12 heavy (non-hydrogen) atoms. The second kappa shape index (κ2) is 2.57. The zero-order valence-corrected chi connectivity index (χ0v) is 6.69. The molecule has 0 bridgehead atoms. The first-order valence-electron chi connectivity index (χ1n) is 3.25. The zero-order valence-electron chi connectivity index (χ0n) is 5.94. The SMILES string of the molecule is O=Cc1cnc2ncc(Cl)cn12. The average molecular weight is 182 g/mol. The van der Waals surface area contributed by atoms with E-state index in [0.717, 1.165) is 0 Å². The standard InChI is InChI=1S/C7H4ClN3O/c8-5-1-9-7-10-2-6(4-12)11(7)3-5/h1-4H. The van der Waals surface area contributed by atoms with Gasteiger partial charge in [-0.25, -0.2) is 9.97 Å². The zero-order chi connectivity index (χ0) is 8.55. The summed E-state index contributed by atoms with van der Waals surface area (Å²) in [5.41, 5.74) is 0.444. The third kappa shape index (κ3) is 0.967. The molecule has 0 atom stereocenters. The molecule has 0 radical (unpaired) electrons. The quantitative estimate of drug-likeness (QED) is 0.621. The van der Waals surface area contributed by atoms with Crippen molar-refractivity contribution in [1.29, 1.82) is 0 Å². The Labute approximate surface area is 72.8 Å². The molecule has 0 N–H and O–H groups in total. The van der Waals surface area contributed by atoms with Gasteiger partial charge in [-0.3, -0.25) is 9.20 Å². The number of hydrogen-bond acceptors (Lipinski definition) is 3. The van der Waals surface area contributed by atoms with Gasteiger partial charge in [0.25, 0.3) is 0 Å². The van der Waals surface area contributed by atoms with Crippen molar-refractivity contribution in [2.24, 2.45) is 0 Å². The predicted molar refractivity (Wildman–Crippen MR) is 43.4 cm³/mol. The van der Waals surface area contributed by atoms with E-state index in [9.17, 15) is 4.79 Å². The second-order valence-corrected chi connectivity index (χ2v) is 2.68. The van der Waals surface area contributed by atoms with E-state index < -0.39 is 0 Å². The molecule has 2 rings (SSSR count). The lowest BCUT2D eigenvalue weighted by Gasteiger charge is -1.93. The van der Waals surface area contributed by atoms with Crippen LogP contribution in [-0.2, 0) is 0 Å². The van der Waals surface area contributed by atoms with Crippen LogP contribution in [0.5, 0.6) is 0 Å². The van der Waals surface area contributed by atoms with Gasteiger partial charge in [0.15, 0.2) is 6.29 Å². The summed E-state index contributed by atoms with van der Waals surface area (Å²) in [6, 6.07) is 0. The summed E-state index contributed by atoms with van der Waals surface area (Å²) < 4.78 is 1.54. The highest BCUT2D eigenvalue weighted by Crippen LogP contribution is 2.08. The van der Waals surface area contributed by atoms with Gasteiger partial charge in [-0.1, -0.05) is 11.6 Å². The topological polar surface area (TPSA) is 47.3 Å². The van der Waals surface area contributed by atoms with Crippen molar-refractivity contribution in [1.82, 2.24) is 14.4 Å². The molecular weight excluding hydrogens is 178 g/mol. The maximum atomic E-state index is 10.5. The van der Waals surface area contributed by atoms with Crippen LogP contribution in [0.1, 0.15) is 10.5 Å². The van der Waals surface area contributed by atoms with Crippen molar-refractivity contribution in [2.45, 2.75) is 0 Å². The van der Waals surface area contributed by atoms with Gasteiger partial charge in [0.2, 0.25) is 5.78 Å². The number of halogens is 1. The number of nitrogens with zero attached hydrogens (tertiary/aromatic N) is 3. The van der Waals surface area contributed by atoms with Crippen LogP contribution >= 0.6 is 11.6 Å². The molecule has 0 aliphatic carbocycles. The van der Waals surface area contributed by atoms with Gasteiger partial charge in [0.1, 0.15) is 5.69 Å². The monoisotopic (exact) mass is 181 g/mol. The molecule has 0 aliphatic rings. The Kier molecular flexibility index (Phi) is 1.55. The van der Waals surface area contributed by atoms with Gasteiger partial charge >= 0.3 is 0 Å². The van der Waals surface area contributed by atoms with Crippen LogP contribution in [0, 0.1) is 0 Å². The average Bonchev–Trinajstić information content (AvgIpc) is 2.46. The lowest BCUT2D eigenvalue weighted by molar-refractivity contribution is 0.111. The molecule has 0 fully saturated rings. The fraction of sp³-hybridized carbons (Fsp3) is 0. The molecular formula is C7H4ClN3O. The first kappa shape index (κ1) is 7.24. The van der Waals surface area contributed by atoms with Crippen LogP contribution < -0.4 is 0 Å². The summed E-state index contributed by atoms with van der Waals surface area (Å²) in [5, 5.41) is 0.476. The fourth-order valence-corrected chi connectivity index (χ4v) is 1.10. The summed E-state index contributed by atoms with van der Waals surface area (Å²) in [6.45, 7) is 0. The molecule has 2 aromatic heterocycles. The highest BCUT2D eigenvalue weighted by molar-refractivity contribution is 6.30. The van der Waals surface area contributed by atoms with Gasteiger partial charge in [-0.05, 0) is 0 Å². The van der Waals surface area contributed by atoms with Crippen molar-refractivity contribution < 1.29 is 4.79 Å². The van der Waals surface area contributed by atoms with Crippen LogP contribution in [0.4, 0.5) is 0 Å². The first-order chi connectivity index (χ1) is 5.81. The van der Waals surface area contributed by atoms with E-state index in [0.29, 0.717) is 22.8 Å². The Hall–Kier alpha value is -1.42. The normalized spacial score (nSPS) is 10.4. The molecule has 0 aromatic carbocycles. The van der Waals surface area contributed by atoms with Crippen LogP contribution in [-0.4, -0.2) is 20.7 Å². The maximum Gasteiger partial charge on any atom is 0.234 e. The van der Waals surface area contributed by atoms with Gasteiger partial charge in [0, 0.05) is 6.20 Å². The van der Waals surface area contributed by atoms with Crippen molar-refractivity contribution in [3.63, 3.8) is 0 Å². The minimum Gasteiger partial charge on any atom is -0.296 e. The van der Waals surface area contributed by atoms with Crippen LogP contribution in [0.25, 0.3) is 5.78 Å².